The molecule has 1 aromatic carbocycles. The smallest absolute Gasteiger partial charge is 0.321 e. The first-order valence-corrected chi connectivity index (χ1v) is 10.5. The molecule has 156 valence electrons. The van der Waals surface area contributed by atoms with E-state index in [2.05, 4.69) is 11.9 Å². The van der Waals surface area contributed by atoms with Crippen LogP contribution in [0.1, 0.15) is 44.7 Å². The van der Waals surface area contributed by atoms with Crippen LogP contribution in [0.5, 0.6) is 0 Å². The zero-order chi connectivity index (χ0) is 21.1. The van der Waals surface area contributed by atoms with Crippen molar-refractivity contribution in [2.45, 2.75) is 39.2 Å². The molecule has 2 aromatic heterocycles. The summed E-state index contributed by atoms with van der Waals surface area (Å²) < 4.78 is 7.34. The van der Waals surface area contributed by atoms with Gasteiger partial charge in [0.15, 0.2) is 5.92 Å². The molecule has 0 saturated carbocycles. The number of aromatic nitrogens is 3. The first kappa shape index (κ1) is 20.1. The van der Waals surface area contributed by atoms with Crippen LogP contribution in [-0.2, 0) is 14.3 Å². The Morgan fingerprint density at radius 3 is 2.70 bits per heavy atom. The molecule has 0 N–H and O–H groups in total. The molecule has 30 heavy (non-hydrogen) atoms. The highest BCUT2D eigenvalue weighted by Gasteiger charge is 2.47. The predicted octanol–water partition coefficient (Wildman–Crippen LogP) is 3.74. The van der Waals surface area contributed by atoms with Crippen LogP contribution in [0, 0.1) is 5.92 Å². The number of esters is 1. The average molecular weight is 406 g/mol. The molecule has 3 heterocycles. The van der Waals surface area contributed by atoms with E-state index in [1.807, 2.05) is 41.0 Å². The van der Waals surface area contributed by atoms with Crippen LogP contribution < -0.4 is 4.90 Å². The van der Waals surface area contributed by atoms with Crippen LogP contribution in [0.2, 0.25) is 0 Å². The van der Waals surface area contributed by atoms with Gasteiger partial charge in [-0.05, 0) is 37.1 Å². The second-order valence-electron chi connectivity index (χ2n) is 7.43. The number of anilines is 1. The summed E-state index contributed by atoms with van der Waals surface area (Å²) in [6, 6.07) is 10.9. The summed E-state index contributed by atoms with van der Waals surface area (Å²) in [7, 11) is 0. The van der Waals surface area contributed by atoms with Crippen molar-refractivity contribution in [1.82, 2.24) is 14.5 Å². The highest BCUT2D eigenvalue weighted by Crippen LogP contribution is 2.41. The van der Waals surface area contributed by atoms with Crippen molar-refractivity contribution in [3.05, 3.63) is 54.4 Å². The number of amides is 1. The molecule has 0 radical (unpaired) electrons. The van der Waals surface area contributed by atoms with E-state index in [1.165, 1.54) is 0 Å². The second-order valence-corrected chi connectivity index (χ2v) is 7.43. The van der Waals surface area contributed by atoms with E-state index < -0.39 is 17.9 Å². The number of pyridine rings is 1. The second kappa shape index (κ2) is 8.65. The van der Waals surface area contributed by atoms with Crippen molar-refractivity contribution < 1.29 is 14.3 Å². The van der Waals surface area contributed by atoms with Crippen molar-refractivity contribution >= 4 is 28.9 Å². The third-order valence-electron chi connectivity index (χ3n) is 5.50. The molecule has 2 atom stereocenters. The Hall–Kier alpha value is -3.22. The van der Waals surface area contributed by atoms with Gasteiger partial charge in [-0.1, -0.05) is 38.0 Å². The highest BCUT2D eigenvalue weighted by atomic mass is 16.5. The molecular weight excluding hydrogens is 380 g/mol. The highest BCUT2D eigenvalue weighted by molar-refractivity contribution is 6.08. The van der Waals surface area contributed by atoms with Gasteiger partial charge in [0, 0.05) is 18.9 Å². The van der Waals surface area contributed by atoms with Gasteiger partial charge < -0.3 is 9.30 Å². The lowest BCUT2D eigenvalue weighted by Crippen LogP contribution is -2.50. The number of hydrogen-bond acceptors (Lipinski definition) is 5. The van der Waals surface area contributed by atoms with Crippen molar-refractivity contribution in [2.75, 3.05) is 18.1 Å². The number of imidazole rings is 1. The summed E-state index contributed by atoms with van der Waals surface area (Å²) in [5, 5.41) is 0. The molecular formula is C23H26N4O3. The first-order valence-electron chi connectivity index (χ1n) is 10.5. The summed E-state index contributed by atoms with van der Waals surface area (Å²) >= 11 is 0. The zero-order valence-corrected chi connectivity index (χ0v) is 17.3. The van der Waals surface area contributed by atoms with Crippen LogP contribution in [0.3, 0.4) is 0 Å². The summed E-state index contributed by atoms with van der Waals surface area (Å²) in [4.78, 5) is 37.3. The number of unbranched alkanes of at least 4 members (excludes halogenated alkanes) is 2. The minimum absolute atomic E-state index is 0.218. The van der Waals surface area contributed by atoms with E-state index in [-0.39, 0.29) is 12.5 Å². The maximum Gasteiger partial charge on any atom is 0.321 e. The molecule has 0 unspecified atom stereocenters. The lowest BCUT2D eigenvalue weighted by atomic mass is 9.90. The molecule has 0 bridgehead atoms. The number of nitrogens with zero attached hydrogens (tertiary/aromatic N) is 4. The molecule has 7 heteroatoms. The Labute approximate surface area is 175 Å². The normalized spacial score (nSPS) is 18.5. The molecule has 1 aliphatic heterocycles. The van der Waals surface area contributed by atoms with Crippen LogP contribution in [0.15, 0.2) is 48.8 Å². The van der Waals surface area contributed by atoms with Gasteiger partial charge in [-0.3, -0.25) is 19.5 Å². The van der Waals surface area contributed by atoms with Gasteiger partial charge in [0.1, 0.15) is 0 Å². The molecule has 0 fully saturated rings. The number of carbonyl (C=O) groups is 2. The summed E-state index contributed by atoms with van der Waals surface area (Å²) in [5.41, 5.74) is 2.45. The van der Waals surface area contributed by atoms with Crippen molar-refractivity contribution in [3.8, 4) is 0 Å². The first-order chi connectivity index (χ1) is 14.7. The Kier molecular flexibility index (Phi) is 5.79. The van der Waals surface area contributed by atoms with Crippen LogP contribution >= 0.6 is 0 Å². The van der Waals surface area contributed by atoms with E-state index in [0.29, 0.717) is 12.5 Å². The maximum absolute atomic E-state index is 13.6. The lowest BCUT2D eigenvalue weighted by Gasteiger charge is -2.37. The molecule has 7 nitrogen and oxygen atoms in total. The van der Waals surface area contributed by atoms with Crippen LogP contribution in [0.4, 0.5) is 5.95 Å². The Balaban J connectivity index is 1.93. The minimum Gasteiger partial charge on any atom is -0.465 e. The van der Waals surface area contributed by atoms with Crippen molar-refractivity contribution in [3.63, 3.8) is 0 Å². The maximum atomic E-state index is 13.6. The quantitative estimate of drug-likeness (QED) is 0.339. The molecule has 1 amide bonds. The monoisotopic (exact) mass is 406 g/mol. The molecule has 0 aliphatic carbocycles. The topological polar surface area (TPSA) is 77.3 Å². The SMILES string of the molecule is CCCCCN1C(=O)[C@@H](C(=O)OCC)[C@H](c2cccnc2)n2c1nc1ccccc12. The zero-order valence-electron chi connectivity index (χ0n) is 17.3. The van der Waals surface area contributed by atoms with Gasteiger partial charge in [-0.15, -0.1) is 0 Å². The predicted molar refractivity (Wildman–Crippen MR) is 114 cm³/mol. The number of rotatable bonds is 7. The fraction of sp³-hybridized carbons (Fsp3) is 0.391. The third-order valence-corrected chi connectivity index (χ3v) is 5.50. The van der Waals surface area contributed by atoms with E-state index >= 15 is 0 Å². The number of para-hydroxylation sites is 2. The summed E-state index contributed by atoms with van der Waals surface area (Å²) in [6.45, 7) is 4.61. The van der Waals surface area contributed by atoms with Crippen molar-refractivity contribution in [1.29, 1.82) is 0 Å². The Bertz CT molecular complexity index is 1050. The molecule has 3 aromatic rings. The van der Waals surface area contributed by atoms with Gasteiger partial charge in [0.2, 0.25) is 11.9 Å². The summed E-state index contributed by atoms with van der Waals surface area (Å²) in [6.07, 6.45) is 6.27. The number of benzene rings is 1. The Morgan fingerprint density at radius 2 is 1.97 bits per heavy atom. The average Bonchev–Trinajstić information content (AvgIpc) is 3.14. The number of hydrogen-bond donors (Lipinski definition) is 0. The molecule has 4 rings (SSSR count). The molecule has 0 spiro atoms. The fourth-order valence-electron chi connectivity index (χ4n) is 4.13. The summed E-state index contributed by atoms with van der Waals surface area (Å²) in [5.74, 6) is -1.19. The minimum atomic E-state index is -0.985. The number of ether oxygens (including phenoxy) is 1. The van der Waals surface area contributed by atoms with E-state index in [9.17, 15) is 9.59 Å². The largest absolute Gasteiger partial charge is 0.465 e. The van der Waals surface area contributed by atoms with Gasteiger partial charge in [0.05, 0.1) is 23.7 Å². The van der Waals surface area contributed by atoms with Gasteiger partial charge in [0.25, 0.3) is 0 Å². The lowest BCUT2D eigenvalue weighted by molar-refractivity contribution is -0.153. The van der Waals surface area contributed by atoms with E-state index in [4.69, 9.17) is 9.72 Å². The van der Waals surface area contributed by atoms with E-state index in [1.54, 1.807) is 24.2 Å². The third kappa shape index (κ3) is 3.44. The molecule has 0 saturated heterocycles. The number of fused-ring (bicyclic) bond motifs is 3. The molecule has 1 aliphatic rings. The standard InChI is InChI=1S/C23H26N4O3/c1-3-5-8-14-26-21(28)19(22(29)30-4-2)20(16-10-9-13-24-15-16)27-18-12-7-6-11-17(18)25-23(26)27/h6-7,9-13,15,19-20H,3-5,8,14H2,1-2H3/t19-,20-/m0/s1. The van der Waals surface area contributed by atoms with Gasteiger partial charge in [-0.25, -0.2) is 4.98 Å². The number of carbonyl (C=O) groups excluding carboxylic acids is 2. The van der Waals surface area contributed by atoms with Gasteiger partial charge in [-0.2, -0.15) is 0 Å². The Morgan fingerprint density at radius 1 is 1.13 bits per heavy atom. The van der Waals surface area contributed by atoms with Gasteiger partial charge >= 0.3 is 5.97 Å². The fourth-order valence-corrected chi connectivity index (χ4v) is 4.13. The van der Waals surface area contributed by atoms with Crippen LogP contribution in [-0.4, -0.2) is 39.6 Å². The van der Waals surface area contributed by atoms with Crippen LogP contribution in [0.25, 0.3) is 11.0 Å². The van der Waals surface area contributed by atoms with E-state index in [0.717, 1.165) is 35.9 Å². The van der Waals surface area contributed by atoms with Crippen molar-refractivity contribution in [2.24, 2.45) is 5.92 Å².